The van der Waals surface area contributed by atoms with E-state index in [-0.39, 0.29) is 6.42 Å². The van der Waals surface area contributed by atoms with Gasteiger partial charge in [-0.2, -0.15) is 0 Å². The van der Waals surface area contributed by atoms with Crippen molar-refractivity contribution in [2.24, 2.45) is 11.7 Å². The summed E-state index contributed by atoms with van der Waals surface area (Å²) in [6, 6.07) is -0.684. The average Bonchev–Trinajstić information content (AvgIpc) is 2.02. The first-order valence-electron chi connectivity index (χ1n) is 4.97. The Hall–Kier alpha value is -0.900. The molecule has 4 heteroatoms. The number of hydrogen-bond acceptors (Lipinski definition) is 4. The lowest BCUT2D eigenvalue weighted by Gasteiger charge is -2.11. The lowest BCUT2D eigenvalue weighted by Crippen LogP contribution is -2.34. The van der Waals surface area contributed by atoms with Gasteiger partial charge in [-0.15, -0.1) is 0 Å². The van der Waals surface area contributed by atoms with Crippen LogP contribution < -0.4 is 5.73 Å². The molecule has 0 radical (unpaired) electrons. The number of hydrogen-bond donors (Lipinski definition) is 1. The highest BCUT2D eigenvalue weighted by atomic mass is 16.6. The molecule has 0 aromatic rings. The Morgan fingerprint density at radius 3 is 2.36 bits per heavy atom. The number of rotatable bonds is 5. The summed E-state index contributed by atoms with van der Waals surface area (Å²) >= 11 is 0. The molecule has 14 heavy (non-hydrogen) atoms. The van der Waals surface area contributed by atoms with Crippen molar-refractivity contribution >= 4 is 11.9 Å². The molecule has 1 atom stereocenters. The van der Waals surface area contributed by atoms with Gasteiger partial charge in [-0.05, 0) is 18.8 Å². The molecule has 0 bridgehead atoms. The molecule has 0 aromatic carbocycles. The molecule has 0 heterocycles. The Bertz CT molecular complexity index is 202. The van der Waals surface area contributed by atoms with E-state index in [0.29, 0.717) is 18.8 Å². The second-order valence-electron chi connectivity index (χ2n) is 3.78. The minimum Gasteiger partial charge on any atom is -0.392 e. The van der Waals surface area contributed by atoms with E-state index in [9.17, 15) is 9.59 Å². The van der Waals surface area contributed by atoms with Crippen LogP contribution in [-0.2, 0) is 14.3 Å². The summed E-state index contributed by atoms with van der Waals surface area (Å²) in [4.78, 5) is 22.1. The maximum absolute atomic E-state index is 11.2. The van der Waals surface area contributed by atoms with Crippen molar-refractivity contribution in [3.63, 3.8) is 0 Å². The first-order valence-corrected chi connectivity index (χ1v) is 4.97. The summed E-state index contributed by atoms with van der Waals surface area (Å²) < 4.78 is 4.55. The maximum atomic E-state index is 11.2. The maximum Gasteiger partial charge on any atom is 0.330 e. The number of nitrogens with two attached hydrogens (primary N) is 1. The van der Waals surface area contributed by atoms with Crippen LogP contribution in [0.5, 0.6) is 0 Å². The van der Waals surface area contributed by atoms with Gasteiger partial charge in [0.1, 0.15) is 6.04 Å². The molecule has 0 aliphatic rings. The zero-order chi connectivity index (χ0) is 11.1. The third-order valence-corrected chi connectivity index (χ3v) is 1.70. The highest BCUT2D eigenvalue weighted by Gasteiger charge is 2.19. The molecule has 0 unspecified atom stereocenters. The van der Waals surface area contributed by atoms with Crippen molar-refractivity contribution in [2.75, 3.05) is 0 Å². The molecular weight excluding hydrogens is 182 g/mol. The molecule has 2 N–H and O–H groups in total. The predicted molar refractivity (Wildman–Crippen MR) is 53.4 cm³/mol. The molecule has 0 saturated heterocycles. The van der Waals surface area contributed by atoms with Crippen LogP contribution in [0.15, 0.2) is 0 Å². The SMILES string of the molecule is CCCC(=O)OC(=O)[C@@H](N)CC(C)C. The quantitative estimate of drug-likeness (QED) is 0.536. The Morgan fingerprint density at radius 2 is 1.93 bits per heavy atom. The van der Waals surface area contributed by atoms with E-state index in [4.69, 9.17) is 5.73 Å². The Kier molecular flexibility index (Phi) is 6.12. The van der Waals surface area contributed by atoms with Gasteiger partial charge in [-0.1, -0.05) is 20.8 Å². The fraction of sp³-hybridized carbons (Fsp3) is 0.800. The largest absolute Gasteiger partial charge is 0.392 e. The van der Waals surface area contributed by atoms with Crippen molar-refractivity contribution in [2.45, 2.75) is 46.1 Å². The monoisotopic (exact) mass is 201 g/mol. The minimum atomic E-state index is -0.684. The third kappa shape index (κ3) is 5.70. The highest BCUT2D eigenvalue weighted by molar-refractivity contribution is 5.88. The second kappa shape index (κ2) is 6.54. The number of carbonyl (C=O) groups excluding carboxylic acids is 2. The van der Waals surface area contributed by atoms with Crippen LogP contribution in [0.3, 0.4) is 0 Å². The summed E-state index contributed by atoms with van der Waals surface area (Å²) in [5.74, 6) is -0.785. The molecule has 0 aromatic heterocycles. The molecule has 82 valence electrons. The van der Waals surface area contributed by atoms with E-state index in [1.165, 1.54) is 0 Å². The zero-order valence-corrected chi connectivity index (χ0v) is 9.08. The van der Waals surface area contributed by atoms with Gasteiger partial charge in [0.15, 0.2) is 0 Å². The van der Waals surface area contributed by atoms with Crippen molar-refractivity contribution in [3.8, 4) is 0 Å². The molecular formula is C10H19NO3. The third-order valence-electron chi connectivity index (χ3n) is 1.70. The summed E-state index contributed by atoms with van der Waals surface area (Å²) in [7, 11) is 0. The van der Waals surface area contributed by atoms with Crippen LogP contribution in [0.1, 0.15) is 40.0 Å². The van der Waals surface area contributed by atoms with Crippen LogP contribution in [0.4, 0.5) is 0 Å². The van der Waals surface area contributed by atoms with Crippen molar-refractivity contribution in [3.05, 3.63) is 0 Å². The molecule has 4 nitrogen and oxygen atoms in total. The molecule has 0 saturated carbocycles. The summed E-state index contributed by atoms with van der Waals surface area (Å²) in [5, 5.41) is 0. The molecule has 0 aliphatic carbocycles. The summed E-state index contributed by atoms with van der Waals surface area (Å²) in [5.41, 5.74) is 5.54. The Balaban J connectivity index is 3.89. The van der Waals surface area contributed by atoms with Gasteiger partial charge in [0.05, 0.1) is 0 Å². The van der Waals surface area contributed by atoms with Gasteiger partial charge in [0, 0.05) is 6.42 Å². The summed E-state index contributed by atoms with van der Waals surface area (Å²) in [6.45, 7) is 5.77. The zero-order valence-electron chi connectivity index (χ0n) is 9.08. The fourth-order valence-corrected chi connectivity index (χ4v) is 1.05. The summed E-state index contributed by atoms with van der Waals surface area (Å²) in [6.07, 6.45) is 1.48. The van der Waals surface area contributed by atoms with E-state index in [0.717, 1.165) is 0 Å². The average molecular weight is 201 g/mol. The minimum absolute atomic E-state index is 0.264. The van der Waals surface area contributed by atoms with E-state index < -0.39 is 18.0 Å². The van der Waals surface area contributed by atoms with Crippen LogP contribution >= 0.6 is 0 Å². The van der Waals surface area contributed by atoms with Gasteiger partial charge < -0.3 is 10.5 Å². The molecule has 0 fully saturated rings. The first-order chi connectivity index (χ1) is 6.47. The van der Waals surface area contributed by atoms with Crippen LogP contribution in [0.2, 0.25) is 0 Å². The van der Waals surface area contributed by atoms with E-state index in [2.05, 4.69) is 4.74 Å². The van der Waals surface area contributed by atoms with E-state index in [1.807, 2.05) is 20.8 Å². The molecule has 0 rings (SSSR count). The predicted octanol–water partition coefficient (Wildman–Crippen LogP) is 1.23. The van der Waals surface area contributed by atoms with Gasteiger partial charge in [-0.3, -0.25) is 4.79 Å². The van der Waals surface area contributed by atoms with Crippen molar-refractivity contribution < 1.29 is 14.3 Å². The topological polar surface area (TPSA) is 69.4 Å². The van der Waals surface area contributed by atoms with Gasteiger partial charge in [0.25, 0.3) is 0 Å². The van der Waals surface area contributed by atoms with Crippen LogP contribution in [-0.4, -0.2) is 18.0 Å². The van der Waals surface area contributed by atoms with Gasteiger partial charge in [-0.25, -0.2) is 4.79 Å². The second-order valence-corrected chi connectivity index (χ2v) is 3.78. The smallest absolute Gasteiger partial charge is 0.330 e. The number of esters is 2. The molecule has 0 aliphatic heterocycles. The van der Waals surface area contributed by atoms with Gasteiger partial charge >= 0.3 is 11.9 Å². The van der Waals surface area contributed by atoms with Crippen molar-refractivity contribution in [1.29, 1.82) is 0 Å². The molecule has 0 amide bonds. The lowest BCUT2D eigenvalue weighted by molar-refractivity contribution is -0.160. The Morgan fingerprint density at radius 1 is 1.36 bits per heavy atom. The highest BCUT2D eigenvalue weighted by Crippen LogP contribution is 2.04. The standard InChI is InChI=1S/C10H19NO3/c1-4-5-9(12)14-10(13)8(11)6-7(2)3/h7-8H,4-6,11H2,1-3H3/t8-/m0/s1. The normalized spacial score (nSPS) is 12.6. The lowest BCUT2D eigenvalue weighted by atomic mass is 10.1. The van der Waals surface area contributed by atoms with Crippen LogP contribution in [0, 0.1) is 5.92 Å². The first kappa shape index (κ1) is 13.1. The molecule has 0 spiro atoms. The van der Waals surface area contributed by atoms with Gasteiger partial charge in [0.2, 0.25) is 0 Å². The van der Waals surface area contributed by atoms with E-state index >= 15 is 0 Å². The number of ether oxygens (including phenoxy) is 1. The van der Waals surface area contributed by atoms with E-state index in [1.54, 1.807) is 0 Å². The fourth-order valence-electron chi connectivity index (χ4n) is 1.05. The van der Waals surface area contributed by atoms with Crippen molar-refractivity contribution in [1.82, 2.24) is 0 Å². The number of carbonyl (C=O) groups is 2. The Labute approximate surface area is 84.8 Å². The van der Waals surface area contributed by atoms with Crippen LogP contribution in [0.25, 0.3) is 0 Å².